The maximum absolute atomic E-state index is 12.9. The summed E-state index contributed by atoms with van der Waals surface area (Å²) >= 11 is 2.93. The van der Waals surface area contributed by atoms with Crippen molar-refractivity contribution in [2.45, 2.75) is 18.7 Å². The van der Waals surface area contributed by atoms with E-state index in [1.807, 2.05) is 61.5 Å². The molecule has 0 radical (unpaired) electrons. The Morgan fingerprint density at radius 1 is 1.04 bits per heavy atom. The monoisotopic (exact) mass is 411 g/mol. The summed E-state index contributed by atoms with van der Waals surface area (Å²) in [5.74, 6) is 0.204. The van der Waals surface area contributed by atoms with Crippen molar-refractivity contribution in [3.8, 4) is 10.4 Å². The molecule has 0 fully saturated rings. The molecule has 2 aromatic carbocycles. The molecule has 0 aliphatic heterocycles. The van der Waals surface area contributed by atoms with Gasteiger partial charge in [-0.15, -0.1) is 23.1 Å². The summed E-state index contributed by atoms with van der Waals surface area (Å²) in [4.78, 5) is 27.6. The highest BCUT2D eigenvalue weighted by Crippen LogP contribution is 2.36. The summed E-state index contributed by atoms with van der Waals surface area (Å²) in [5, 5.41) is 2.91. The van der Waals surface area contributed by atoms with Crippen molar-refractivity contribution in [1.82, 2.24) is 0 Å². The summed E-state index contributed by atoms with van der Waals surface area (Å²) in [5.41, 5.74) is 2.06. The Balaban J connectivity index is 1.95. The van der Waals surface area contributed by atoms with Crippen molar-refractivity contribution in [2.75, 3.05) is 17.7 Å². The maximum Gasteiger partial charge on any atom is 0.350 e. The van der Waals surface area contributed by atoms with E-state index in [2.05, 4.69) is 5.32 Å². The second kappa shape index (κ2) is 9.57. The van der Waals surface area contributed by atoms with E-state index >= 15 is 0 Å². The zero-order valence-electron chi connectivity index (χ0n) is 15.7. The largest absolute Gasteiger partial charge is 0.462 e. The second-order valence-corrected chi connectivity index (χ2v) is 8.18. The maximum atomic E-state index is 12.9. The van der Waals surface area contributed by atoms with Gasteiger partial charge in [0.05, 0.1) is 17.9 Å². The first-order chi connectivity index (χ1) is 13.6. The van der Waals surface area contributed by atoms with Crippen LogP contribution in [-0.2, 0) is 4.74 Å². The van der Waals surface area contributed by atoms with Crippen LogP contribution >= 0.6 is 23.1 Å². The van der Waals surface area contributed by atoms with E-state index in [0.29, 0.717) is 16.1 Å². The highest BCUT2D eigenvalue weighted by atomic mass is 32.2. The summed E-state index contributed by atoms with van der Waals surface area (Å²) in [6.45, 7) is 4.09. The lowest BCUT2D eigenvalue weighted by molar-refractivity contribution is 0.0533. The van der Waals surface area contributed by atoms with Crippen LogP contribution in [0.4, 0.5) is 5.69 Å². The third-order valence-electron chi connectivity index (χ3n) is 3.93. The SMILES string of the molecule is CCOC(=O)c1sc(-c2ccccc2)cc1NC(=O)c1ccccc1SCC. The zero-order valence-corrected chi connectivity index (χ0v) is 17.4. The van der Waals surface area contributed by atoms with Gasteiger partial charge in [0.25, 0.3) is 5.91 Å². The van der Waals surface area contributed by atoms with Crippen LogP contribution in [0.1, 0.15) is 33.9 Å². The van der Waals surface area contributed by atoms with Crippen LogP contribution in [0.15, 0.2) is 65.6 Å². The van der Waals surface area contributed by atoms with Crippen LogP contribution in [0.25, 0.3) is 10.4 Å². The molecule has 0 unspecified atom stereocenters. The van der Waals surface area contributed by atoms with Gasteiger partial charge in [-0.25, -0.2) is 4.79 Å². The molecule has 28 heavy (non-hydrogen) atoms. The molecule has 6 heteroatoms. The molecule has 0 spiro atoms. The number of ether oxygens (including phenoxy) is 1. The highest BCUT2D eigenvalue weighted by molar-refractivity contribution is 7.99. The molecule has 1 aromatic heterocycles. The molecule has 0 saturated carbocycles. The Morgan fingerprint density at radius 2 is 1.75 bits per heavy atom. The van der Waals surface area contributed by atoms with E-state index < -0.39 is 5.97 Å². The van der Waals surface area contributed by atoms with E-state index in [4.69, 9.17) is 4.74 Å². The number of amides is 1. The zero-order chi connectivity index (χ0) is 19.9. The number of thioether (sulfide) groups is 1. The standard InChI is InChI=1S/C22H21NO3S2/c1-3-26-22(25)20-17(14-19(28-20)15-10-6-5-7-11-15)23-21(24)16-12-8-9-13-18(16)27-4-2/h5-14H,3-4H2,1-2H3,(H,23,24). The molecule has 0 bridgehead atoms. The third kappa shape index (κ3) is 4.64. The van der Waals surface area contributed by atoms with Crippen LogP contribution in [0.3, 0.4) is 0 Å². The van der Waals surface area contributed by atoms with Gasteiger partial charge in [0.15, 0.2) is 0 Å². The minimum atomic E-state index is -0.429. The van der Waals surface area contributed by atoms with Crippen LogP contribution in [0.5, 0.6) is 0 Å². The van der Waals surface area contributed by atoms with Crippen molar-refractivity contribution < 1.29 is 14.3 Å². The first kappa shape index (κ1) is 20.2. The Bertz CT molecular complexity index is 967. The van der Waals surface area contributed by atoms with Crippen molar-refractivity contribution >= 4 is 40.7 Å². The number of anilines is 1. The molecule has 4 nitrogen and oxygen atoms in total. The molecule has 0 atom stereocenters. The molecule has 0 aliphatic carbocycles. The van der Waals surface area contributed by atoms with Crippen LogP contribution in [-0.4, -0.2) is 24.2 Å². The average Bonchev–Trinajstić information content (AvgIpc) is 3.13. The fraction of sp³-hybridized carbons (Fsp3) is 0.182. The lowest BCUT2D eigenvalue weighted by Gasteiger charge is -2.09. The predicted molar refractivity (Wildman–Crippen MR) is 117 cm³/mol. The molecule has 1 N–H and O–H groups in total. The van der Waals surface area contributed by atoms with Crippen molar-refractivity contribution in [1.29, 1.82) is 0 Å². The molecule has 1 amide bonds. The molecular weight excluding hydrogens is 390 g/mol. The van der Waals surface area contributed by atoms with Gasteiger partial charge < -0.3 is 10.1 Å². The van der Waals surface area contributed by atoms with Crippen LogP contribution in [0.2, 0.25) is 0 Å². The summed E-state index contributed by atoms with van der Waals surface area (Å²) in [6.07, 6.45) is 0. The van der Waals surface area contributed by atoms with Crippen LogP contribution < -0.4 is 5.32 Å². The first-order valence-corrected chi connectivity index (χ1v) is 10.8. The van der Waals surface area contributed by atoms with Gasteiger partial charge in [-0.2, -0.15) is 0 Å². The second-order valence-electron chi connectivity index (χ2n) is 5.82. The molecule has 144 valence electrons. The number of rotatable bonds is 7. The molecule has 0 aliphatic rings. The number of hydrogen-bond donors (Lipinski definition) is 1. The molecule has 3 aromatic rings. The van der Waals surface area contributed by atoms with E-state index in [0.717, 1.165) is 21.1 Å². The number of carbonyl (C=O) groups excluding carboxylic acids is 2. The topological polar surface area (TPSA) is 55.4 Å². The Labute approximate surface area is 172 Å². The lowest BCUT2D eigenvalue weighted by Crippen LogP contribution is -2.15. The number of thiophene rings is 1. The van der Waals surface area contributed by atoms with Crippen molar-refractivity contribution in [2.24, 2.45) is 0 Å². The van der Waals surface area contributed by atoms with E-state index in [-0.39, 0.29) is 12.5 Å². The van der Waals surface area contributed by atoms with Gasteiger partial charge in [0.2, 0.25) is 0 Å². The van der Waals surface area contributed by atoms with Gasteiger partial charge >= 0.3 is 5.97 Å². The van der Waals surface area contributed by atoms with Gasteiger partial charge in [-0.05, 0) is 36.4 Å². The van der Waals surface area contributed by atoms with Gasteiger partial charge in [0.1, 0.15) is 4.88 Å². The van der Waals surface area contributed by atoms with Gasteiger partial charge in [0, 0.05) is 9.77 Å². The number of hydrogen-bond acceptors (Lipinski definition) is 5. The summed E-state index contributed by atoms with van der Waals surface area (Å²) < 4.78 is 5.18. The number of benzene rings is 2. The summed E-state index contributed by atoms with van der Waals surface area (Å²) in [7, 11) is 0. The molecule has 1 heterocycles. The third-order valence-corrected chi connectivity index (χ3v) is 6.05. The van der Waals surface area contributed by atoms with Crippen molar-refractivity contribution in [3.05, 3.63) is 71.1 Å². The number of nitrogens with one attached hydrogen (secondary N) is 1. The fourth-order valence-corrected chi connectivity index (χ4v) is 4.52. The van der Waals surface area contributed by atoms with E-state index in [1.165, 1.54) is 11.3 Å². The predicted octanol–water partition coefficient (Wildman–Crippen LogP) is 5.96. The Kier molecular flexibility index (Phi) is 6.90. The van der Waals surface area contributed by atoms with Crippen LogP contribution in [0, 0.1) is 0 Å². The smallest absolute Gasteiger partial charge is 0.350 e. The van der Waals surface area contributed by atoms with Gasteiger partial charge in [-0.1, -0.05) is 49.4 Å². The minimum absolute atomic E-state index is 0.237. The molecular formula is C22H21NO3S2. The van der Waals surface area contributed by atoms with E-state index in [1.54, 1.807) is 24.8 Å². The van der Waals surface area contributed by atoms with E-state index in [9.17, 15) is 9.59 Å². The Hall–Kier alpha value is -2.57. The lowest BCUT2D eigenvalue weighted by atomic mass is 10.1. The normalized spacial score (nSPS) is 10.5. The number of esters is 1. The quantitative estimate of drug-likeness (QED) is 0.385. The fourth-order valence-electron chi connectivity index (χ4n) is 2.70. The Morgan fingerprint density at radius 3 is 2.46 bits per heavy atom. The molecule has 3 rings (SSSR count). The van der Waals surface area contributed by atoms with Gasteiger partial charge in [-0.3, -0.25) is 4.79 Å². The first-order valence-electron chi connectivity index (χ1n) is 9.03. The molecule has 0 saturated heterocycles. The highest BCUT2D eigenvalue weighted by Gasteiger charge is 2.21. The average molecular weight is 412 g/mol. The van der Waals surface area contributed by atoms with Crippen molar-refractivity contribution in [3.63, 3.8) is 0 Å². The summed E-state index contributed by atoms with van der Waals surface area (Å²) in [6, 6.07) is 19.1. The minimum Gasteiger partial charge on any atom is -0.462 e. The number of carbonyl (C=O) groups is 2.